The first-order valence-corrected chi connectivity index (χ1v) is 22.0. The summed E-state index contributed by atoms with van der Waals surface area (Å²) in [5.41, 5.74) is 18.7. The summed E-state index contributed by atoms with van der Waals surface area (Å²) in [4.78, 5) is 2.44. The van der Waals surface area contributed by atoms with Crippen LogP contribution < -0.4 is 4.90 Å². The second-order valence-electron chi connectivity index (χ2n) is 20.3. The highest BCUT2D eigenvalue weighted by atomic mass is 32.1. The topological polar surface area (TPSA) is 16.4 Å². The summed E-state index contributed by atoms with van der Waals surface area (Å²) in [7, 11) is 0. The molecule has 0 aliphatic heterocycles. The van der Waals surface area contributed by atoms with Crippen LogP contribution in [0.2, 0.25) is 0 Å². The van der Waals surface area contributed by atoms with Crippen LogP contribution in [0, 0.1) is 0 Å². The van der Waals surface area contributed by atoms with Crippen molar-refractivity contribution in [3.8, 4) is 22.3 Å². The van der Waals surface area contributed by atoms with Gasteiger partial charge in [-0.25, -0.2) is 0 Å². The van der Waals surface area contributed by atoms with Crippen molar-refractivity contribution >= 4 is 70.5 Å². The van der Waals surface area contributed by atoms with Crippen LogP contribution in [0.1, 0.15) is 103 Å². The molecule has 0 spiro atoms. The molecule has 0 atom stereocenters. The predicted molar refractivity (Wildman–Crippen MR) is 254 cm³/mol. The number of hydrogen-bond donors (Lipinski definition) is 0. The molecule has 0 fully saturated rings. The Labute approximate surface area is 352 Å². The molecule has 2 aromatic heterocycles. The monoisotopic (exact) mass is 785 g/mol. The van der Waals surface area contributed by atoms with E-state index in [9.17, 15) is 0 Å². The zero-order valence-corrected chi connectivity index (χ0v) is 36.7. The van der Waals surface area contributed by atoms with Crippen LogP contribution in [0.15, 0.2) is 132 Å². The van der Waals surface area contributed by atoms with Crippen molar-refractivity contribution in [1.29, 1.82) is 0 Å². The molecule has 2 nitrogen and oxygen atoms in total. The van der Waals surface area contributed by atoms with Crippen LogP contribution in [-0.4, -0.2) is 0 Å². The summed E-state index contributed by atoms with van der Waals surface area (Å²) < 4.78 is 9.29. The van der Waals surface area contributed by atoms with E-state index in [0.29, 0.717) is 0 Å². The number of anilines is 3. The largest absolute Gasteiger partial charge is 0.456 e. The van der Waals surface area contributed by atoms with Gasteiger partial charge in [0.05, 0.1) is 0 Å². The van der Waals surface area contributed by atoms with Crippen LogP contribution in [0.5, 0.6) is 0 Å². The van der Waals surface area contributed by atoms with Crippen LogP contribution in [0.4, 0.5) is 17.1 Å². The summed E-state index contributed by atoms with van der Waals surface area (Å²) >= 11 is 1.97. The Bertz CT molecular complexity index is 3240. The van der Waals surface area contributed by atoms with Gasteiger partial charge in [-0.15, -0.1) is 11.3 Å². The Morgan fingerprint density at radius 1 is 0.458 bits per heavy atom. The van der Waals surface area contributed by atoms with Crippen molar-refractivity contribution in [3.63, 3.8) is 0 Å². The molecule has 3 heteroatoms. The standard InChI is InChI=1S/C56H51NOS/c1-53(2,3)32-25-43-42-30-47-41(31-51(42)59-52(43)48(26-32)54(4,5)6)38-23-20-34(28-46(38)56(47,9)10)57(35-21-24-40-39-16-12-14-18-49(39)58-50(40)29-35)33-19-22-37-36-15-11-13-17-44(36)55(7,8)45(37)27-33/h11-31H,1-10H3. The van der Waals surface area contributed by atoms with E-state index in [0.717, 1.165) is 39.0 Å². The van der Waals surface area contributed by atoms with Gasteiger partial charge in [-0.05, 0) is 127 Å². The molecular weight excluding hydrogens is 735 g/mol. The normalized spacial score (nSPS) is 15.2. The average Bonchev–Trinajstić information content (AvgIpc) is 3.88. The molecule has 2 aliphatic carbocycles. The van der Waals surface area contributed by atoms with Gasteiger partial charge in [0, 0.05) is 64.9 Å². The number of hydrogen-bond acceptors (Lipinski definition) is 3. The summed E-state index contributed by atoms with van der Waals surface area (Å²) in [6.45, 7) is 23.7. The lowest BCUT2D eigenvalue weighted by Gasteiger charge is -2.29. The second kappa shape index (κ2) is 12.0. The molecule has 7 aromatic carbocycles. The number of nitrogens with zero attached hydrogens (tertiary/aromatic N) is 1. The maximum absolute atomic E-state index is 6.50. The molecule has 292 valence electrons. The molecule has 0 saturated carbocycles. The molecule has 0 radical (unpaired) electrons. The van der Waals surface area contributed by atoms with Gasteiger partial charge < -0.3 is 9.32 Å². The minimum absolute atomic E-state index is 0.0464. The van der Waals surface area contributed by atoms with Crippen molar-refractivity contribution < 1.29 is 4.42 Å². The van der Waals surface area contributed by atoms with Crippen molar-refractivity contribution in [2.24, 2.45) is 0 Å². The predicted octanol–water partition coefficient (Wildman–Crippen LogP) is 16.6. The Morgan fingerprint density at radius 3 is 1.75 bits per heavy atom. The van der Waals surface area contributed by atoms with Gasteiger partial charge in [0.15, 0.2) is 0 Å². The SMILES string of the molecule is CC(C)(C)c1cc(C(C)(C)C)c2sc3cc4c(cc3c2c1)C(C)(C)c1cc(N(c2ccc3c(c2)C(C)(C)c2ccccc2-3)c2ccc3c(c2)oc2ccccc23)ccc1-4. The average molecular weight is 786 g/mol. The highest BCUT2D eigenvalue weighted by Crippen LogP contribution is 2.55. The van der Waals surface area contributed by atoms with E-state index >= 15 is 0 Å². The van der Waals surface area contributed by atoms with Crippen LogP contribution >= 0.6 is 11.3 Å². The van der Waals surface area contributed by atoms with Gasteiger partial charge in [-0.3, -0.25) is 0 Å². The first-order valence-electron chi connectivity index (χ1n) is 21.2. The lowest BCUT2D eigenvalue weighted by molar-refractivity contribution is 0.573. The molecule has 0 unspecified atom stereocenters. The molecule has 11 rings (SSSR count). The third-order valence-electron chi connectivity index (χ3n) is 13.7. The number of para-hydroxylation sites is 1. The minimum Gasteiger partial charge on any atom is -0.456 e. The van der Waals surface area contributed by atoms with E-state index in [1.807, 2.05) is 17.4 Å². The van der Waals surface area contributed by atoms with Crippen molar-refractivity contribution in [2.75, 3.05) is 4.90 Å². The number of fused-ring (bicyclic) bond motifs is 12. The first-order chi connectivity index (χ1) is 28.0. The highest BCUT2D eigenvalue weighted by Gasteiger charge is 2.39. The maximum Gasteiger partial charge on any atom is 0.137 e. The van der Waals surface area contributed by atoms with E-state index in [1.165, 1.54) is 75.8 Å². The lowest BCUT2D eigenvalue weighted by atomic mass is 9.79. The number of rotatable bonds is 3. The smallest absolute Gasteiger partial charge is 0.137 e. The van der Waals surface area contributed by atoms with Gasteiger partial charge in [0.2, 0.25) is 0 Å². The molecule has 0 saturated heterocycles. The van der Waals surface area contributed by atoms with Crippen molar-refractivity contribution in [2.45, 2.75) is 90.9 Å². The van der Waals surface area contributed by atoms with Gasteiger partial charge in [0.25, 0.3) is 0 Å². The first kappa shape index (κ1) is 36.4. The van der Waals surface area contributed by atoms with Crippen LogP contribution in [0.25, 0.3) is 64.4 Å². The van der Waals surface area contributed by atoms with E-state index in [4.69, 9.17) is 4.42 Å². The second-order valence-corrected chi connectivity index (χ2v) is 21.3. The molecule has 0 N–H and O–H groups in total. The highest BCUT2D eigenvalue weighted by molar-refractivity contribution is 7.26. The maximum atomic E-state index is 6.50. The van der Waals surface area contributed by atoms with Crippen LogP contribution in [0.3, 0.4) is 0 Å². The van der Waals surface area contributed by atoms with Gasteiger partial charge in [-0.1, -0.05) is 130 Å². The number of furan rings is 1. The Morgan fingerprint density at radius 2 is 1.03 bits per heavy atom. The summed E-state index contributed by atoms with van der Waals surface area (Å²) in [5.74, 6) is 0. The Hall–Kier alpha value is -5.64. The minimum atomic E-state index is -0.201. The van der Waals surface area contributed by atoms with E-state index in [1.54, 1.807) is 0 Å². The van der Waals surface area contributed by atoms with E-state index in [2.05, 4.69) is 195 Å². The fourth-order valence-corrected chi connectivity index (χ4v) is 11.8. The zero-order valence-electron chi connectivity index (χ0n) is 35.9. The zero-order chi connectivity index (χ0) is 41.0. The summed E-state index contributed by atoms with van der Waals surface area (Å²) in [6, 6.07) is 48.2. The fourth-order valence-electron chi connectivity index (χ4n) is 10.4. The van der Waals surface area contributed by atoms with Crippen molar-refractivity contribution in [1.82, 2.24) is 0 Å². The number of thiophene rings is 1. The van der Waals surface area contributed by atoms with Gasteiger partial charge in [-0.2, -0.15) is 0 Å². The molecule has 2 heterocycles. The van der Waals surface area contributed by atoms with Crippen molar-refractivity contribution in [3.05, 3.63) is 161 Å². The molecule has 9 aromatic rings. The third kappa shape index (κ3) is 5.23. The molecule has 0 bridgehead atoms. The number of benzene rings is 7. The third-order valence-corrected chi connectivity index (χ3v) is 14.9. The molecule has 2 aliphatic rings. The quantitative estimate of drug-likeness (QED) is 0.177. The molecular formula is C56H51NOS. The molecule has 59 heavy (non-hydrogen) atoms. The molecule has 0 amide bonds. The Kier molecular flexibility index (Phi) is 7.40. The van der Waals surface area contributed by atoms with Crippen LogP contribution in [-0.2, 0) is 21.7 Å². The Balaban J connectivity index is 1.10. The lowest BCUT2D eigenvalue weighted by Crippen LogP contribution is -2.18. The summed E-state index contributed by atoms with van der Waals surface area (Å²) in [5, 5.41) is 5.05. The van der Waals surface area contributed by atoms with E-state index < -0.39 is 0 Å². The van der Waals surface area contributed by atoms with E-state index in [-0.39, 0.29) is 21.7 Å². The van der Waals surface area contributed by atoms with Gasteiger partial charge >= 0.3 is 0 Å². The van der Waals surface area contributed by atoms with Gasteiger partial charge in [0.1, 0.15) is 11.2 Å². The summed E-state index contributed by atoms with van der Waals surface area (Å²) in [6.07, 6.45) is 0. The fraction of sp³-hybridized carbons (Fsp3) is 0.250.